The van der Waals surface area contributed by atoms with Crippen LogP contribution in [0.3, 0.4) is 0 Å². The second-order valence-corrected chi connectivity index (χ2v) is 6.42. The molecule has 27 heavy (non-hydrogen) atoms. The van der Waals surface area contributed by atoms with Gasteiger partial charge in [0.2, 0.25) is 0 Å². The number of carbonyl (C=O) groups is 1. The number of esters is 1. The zero-order valence-electron chi connectivity index (χ0n) is 17.3. The van der Waals surface area contributed by atoms with Crippen molar-refractivity contribution in [2.45, 2.75) is 52.4 Å². The van der Waals surface area contributed by atoms with Gasteiger partial charge < -0.3 is 28.8 Å². The van der Waals surface area contributed by atoms with Crippen LogP contribution in [-0.2, 0) is 28.5 Å². The molecule has 0 rings (SSSR count). The van der Waals surface area contributed by atoms with Gasteiger partial charge in [-0.25, -0.2) is 0 Å². The van der Waals surface area contributed by atoms with E-state index < -0.39 is 0 Å². The SMILES string of the molecule is CCC(C)C(=O)OCCCOCCCOCCCOCCCOCCCO. The van der Waals surface area contributed by atoms with Gasteiger partial charge in [0.1, 0.15) is 0 Å². The van der Waals surface area contributed by atoms with Crippen molar-refractivity contribution in [2.24, 2.45) is 5.92 Å². The maximum Gasteiger partial charge on any atom is 0.308 e. The lowest BCUT2D eigenvalue weighted by Crippen LogP contribution is -2.15. The van der Waals surface area contributed by atoms with Gasteiger partial charge in [-0.05, 0) is 32.1 Å². The zero-order chi connectivity index (χ0) is 20.0. The first-order valence-corrected chi connectivity index (χ1v) is 10.3. The Morgan fingerprint density at radius 1 is 0.704 bits per heavy atom. The highest BCUT2D eigenvalue weighted by atomic mass is 16.5. The molecule has 0 aromatic carbocycles. The largest absolute Gasteiger partial charge is 0.465 e. The van der Waals surface area contributed by atoms with Crippen LogP contribution in [0.15, 0.2) is 0 Å². The lowest BCUT2D eigenvalue weighted by Gasteiger charge is -2.09. The molecule has 7 nitrogen and oxygen atoms in total. The van der Waals surface area contributed by atoms with Gasteiger partial charge in [-0.3, -0.25) is 4.79 Å². The zero-order valence-corrected chi connectivity index (χ0v) is 17.3. The molecule has 0 spiro atoms. The van der Waals surface area contributed by atoms with Crippen molar-refractivity contribution < 1.29 is 33.6 Å². The summed E-state index contributed by atoms with van der Waals surface area (Å²) in [5.41, 5.74) is 0. The molecule has 0 aromatic rings. The molecule has 0 fully saturated rings. The van der Waals surface area contributed by atoms with Crippen LogP contribution < -0.4 is 0 Å². The van der Waals surface area contributed by atoms with Crippen molar-refractivity contribution in [3.63, 3.8) is 0 Å². The Morgan fingerprint density at radius 2 is 1.07 bits per heavy atom. The Hall–Kier alpha value is -0.730. The minimum absolute atomic E-state index is 0.0233. The average molecular weight is 393 g/mol. The molecule has 1 N–H and O–H groups in total. The third kappa shape index (κ3) is 19.8. The average Bonchev–Trinajstić information content (AvgIpc) is 2.68. The van der Waals surface area contributed by atoms with Crippen molar-refractivity contribution >= 4 is 5.97 Å². The van der Waals surface area contributed by atoms with Crippen LogP contribution in [0, 0.1) is 5.92 Å². The molecule has 0 heterocycles. The standard InChI is InChI=1S/C20H40O7/c1-3-19(2)20(22)27-18-8-17-26-16-7-15-25-14-6-13-24-12-5-11-23-10-4-9-21/h19,21H,3-18H2,1-2H3. The summed E-state index contributed by atoms with van der Waals surface area (Å²) in [6.45, 7) is 9.77. The molecular formula is C20H40O7. The fourth-order valence-electron chi connectivity index (χ4n) is 2.01. The molecule has 162 valence electrons. The molecular weight excluding hydrogens is 352 g/mol. The topological polar surface area (TPSA) is 83.5 Å². The van der Waals surface area contributed by atoms with Crippen molar-refractivity contribution in [3.8, 4) is 0 Å². The molecule has 0 aromatic heterocycles. The van der Waals surface area contributed by atoms with E-state index in [0.29, 0.717) is 65.9 Å². The number of hydrogen-bond donors (Lipinski definition) is 1. The predicted molar refractivity (Wildman–Crippen MR) is 104 cm³/mol. The van der Waals surface area contributed by atoms with E-state index in [1.165, 1.54) is 0 Å². The molecule has 7 heteroatoms. The van der Waals surface area contributed by atoms with Crippen LogP contribution in [-0.4, -0.2) is 77.1 Å². The normalized spacial score (nSPS) is 12.3. The highest BCUT2D eigenvalue weighted by Gasteiger charge is 2.10. The minimum Gasteiger partial charge on any atom is -0.465 e. The maximum atomic E-state index is 11.5. The summed E-state index contributed by atoms with van der Waals surface area (Å²) in [5, 5.41) is 8.60. The molecule has 0 aliphatic carbocycles. The van der Waals surface area contributed by atoms with Crippen LogP contribution >= 0.6 is 0 Å². The van der Waals surface area contributed by atoms with Crippen LogP contribution in [0.4, 0.5) is 0 Å². The number of hydrogen-bond acceptors (Lipinski definition) is 7. The van der Waals surface area contributed by atoms with Crippen molar-refractivity contribution in [1.29, 1.82) is 0 Å². The first kappa shape index (κ1) is 26.3. The summed E-state index contributed by atoms with van der Waals surface area (Å²) < 4.78 is 27.0. The summed E-state index contributed by atoms with van der Waals surface area (Å²) in [4.78, 5) is 11.5. The summed E-state index contributed by atoms with van der Waals surface area (Å²) >= 11 is 0. The van der Waals surface area contributed by atoms with E-state index in [-0.39, 0.29) is 18.5 Å². The smallest absolute Gasteiger partial charge is 0.308 e. The number of rotatable bonds is 21. The summed E-state index contributed by atoms with van der Waals surface area (Å²) in [6.07, 6.45) is 4.85. The Morgan fingerprint density at radius 3 is 1.44 bits per heavy atom. The van der Waals surface area contributed by atoms with E-state index in [1.54, 1.807) is 0 Å². The predicted octanol–water partition coefficient (Wildman–Crippen LogP) is 2.58. The van der Waals surface area contributed by atoms with E-state index in [1.807, 2.05) is 13.8 Å². The summed E-state index contributed by atoms with van der Waals surface area (Å²) in [5.74, 6) is -0.147. The van der Waals surface area contributed by atoms with Crippen molar-refractivity contribution in [2.75, 3.05) is 66.1 Å². The minimum atomic E-state index is -0.124. The number of aliphatic hydroxyl groups excluding tert-OH is 1. The van der Waals surface area contributed by atoms with E-state index in [0.717, 1.165) is 32.1 Å². The second kappa shape index (κ2) is 21.6. The van der Waals surface area contributed by atoms with Gasteiger partial charge in [0, 0.05) is 65.9 Å². The third-order valence-electron chi connectivity index (χ3n) is 3.87. The molecule has 1 unspecified atom stereocenters. The van der Waals surface area contributed by atoms with E-state index in [2.05, 4.69) is 0 Å². The van der Waals surface area contributed by atoms with Gasteiger partial charge in [0.25, 0.3) is 0 Å². The molecule has 0 aliphatic rings. The number of aliphatic hydroxyl groups is 1. The molecule has 0 saturated heterocycles. The summed E-state index contributed by atoms with van der Waals surface area (Å²) in [6, 6.07) is 0. The van der Waals surface area contributed by atoms with Gasteiger partial charge in [0.05, 0.1) is 12.5 Å². The first-order chi connectivity index (χ1) is 13.2. The second-order valence-electron chi connectivity index (χ2n) is 6.42. The van der Waals surface area contributed by atoms with Crippen LogP contribution in [0.1, 0.15) is 52.4 Å². The third-order valence-corrected chi connectivity index (χ3v) is 3.87. The van der Waals surface area contributed by atoms with Gasteiger partial charge in [-0.1, -0.05) is 13.8 Å². The van der Waals surface area contributed by atoms with Crippen LogP contribution in [0.25, 0.3) is 0 Å². The van der Waals surface area contributed by atoms with Crippen LogP contribution in [0.5, 0.6) is 0 Å². The highest BCUT2D eigenvalue weighted by Crippen LogP contribution is 2.03. The van der Waals surface area contributed by atoms with E-state index >= 15 is 0 Å². The molecule has 0 bridgehead atoms. The van der Waals surface area contributed by atoms with Crippen molar-refractivity contribution in [1.82, 2.24) is 0 Å². The molecule has 1 atom stereocenters. The Kier molecular flexibility index (Phi) is 21.0. The molecule has 0 aliphatic heterocycles. The number of ether oxygens (including phenoxy) is 5. The van der Waals surface area contributed by atoms with Gasteiger partial charge in [-0.15, -0.1) is 0 Å². The lowest BCUT2D eigenvalue weighted by molar-refractivity contribution is -0.148. The maximum absolute atomic E-state index is 11.5. The Bertz CT molecular complexity index is 313. The first-order valence-electron chi connectivity index (χ1n) is 10.3. The molecule has 0 amide bonds. The van der Waals surface area contributed by atoms with Gasteiger partial charge in [-0.2, -0.15) is 0 Å². The van der Waals surface area contributed by atoms with Gasteiger partial charge >= 0.3 is 5.97 Å². The quantitative estimate of drug-likeness (QED) is 0.237. The monoisotopic (exact) mass is 392 g/mol. The fraction of sp³-hybridized carbons (Fsp3) is 0.950. The van der Waals surface area contributed by atoms with Crippen molar-refractivity contribution in [3.05, 3.63) is 0 Å². The highest BCUT2D eigenvalue weighted by molar-refractivity contribution is 5.71. The molecule has 0 saturated carbocycles. The molecule has 0 radical (unpaired) electrons. The lowest BCUT2D eigenvalue weighted by atomic mass is 10.1. The Labute approximate surface area is 164 Å². The Balaban J connectivity index is 3.08. The van der Waals surface area contributed by atoms with E-state index in [9.17, 15) is 4.79 Å². The van der Waals surface area contributed by atoms with E-state index in [4.69, 9.17) is 28.8 Å². The van der Waals surface area contributed by atoms with Crippen LogP contribution in [0.2, 0.25) is 0 Å². The van der Waals surface area contributed by atoms with Gasteiger partial charge in [0.15, 0.2) is 0 Å². The number of carbonyl (C=O) groups excluding carboxylic acids is 1. The summed E-state index contributed by atoms with van der Waals surface area (Å²) in [7, 11) is 0. The fourth-order valence-corrected chi connectivity index (χ4v) is 2.01.